The van der Waals surface area contributed by atoms with Gasteiger partial charge < -0.3 is 5.32 Å². The predicted molar refractivity (Wildman–Crippen MR) is 128 cm³/mol. The molecule has 2 aliphatic carbocycles. The van der Waals surface area contributed by atoms with E-state index in [0.29, 0.717) is 34.2 Å². The molecular weight excluding hydrogens is 445 g/mol. The summed E-state index contributed by atoms with van der Waals surface area (Å²) in [4.78, 5) is 13.4. The van der Waals surface area contributed by atoms with Gasteiger partial charge in [0, 0.05) is 17.8 Å². The molecule has 0 bridgehead atoms. The van der Waals surface area contributed by atoms with Gasteiger partial charge in [0.1, 0.15) is 11.5 Å². The van der Waals surface area contributed by atoms with Gasteiger partial charge >= 0.3 is 0 Å². The lowest BCUT2D eigenvalue weighted by Crippen LogP contribution is -2.25. The summed E-state index contributed by atoms with van der Waals surface area (Å²) in [7, 11) is 0. The number of hydrogen-bond donors (Lipinski definition) is 2. The molecular formula is C25H20FN9. The van der Waals surface area contributed by atoms with Crippen molar-refractivity contribution in [3.63, 3.8) is 0 Å². The van der Waals surface area contributed by atoms with E-state index in [0.717, 1.165) is 31.9 Å². The first kappa shape index (κ1) is 20.0. The van der Waals surface area contributed by atoms with Crippen molar-refractivity contribution in [3.8, 4) is 22.6 Å². The summed E-state index contributed by atoms with van der Waals surface area (Å²) in [5.74, 6) is 0.459. The molecule has 2 aliphatic rings. The third-order valence-corrected chi connectivity index (χ3v) is 6.77. The van der Waals surface area contributed by atoms with E-state index in [2.05, 4.69) is 55.1 Å². The van der Waals surface area contributed by atoms with E-state index in [1.165, 1.54) is 28.3 Å². The molecule has 9 nitrogen and oxygen atoms in total. The Morgan fingerprint density at radius 1 is 1.06 bits per heavy atom. The molecule has 1 aromatic carbocycles. The zero-order valence-electron chi connectivity index (χ0n) is 18.6. The minimum atomic E-state index is -0.447. The number of aromatic amines is 1. The number of hydrogen-bond acceptors (Lipinski definition) is 7. The predicted octanol–water partition coefficient (Wildman–Crippen LogP) is 4.08. The maximum absolute atomic E-state index is 13.9. The van der Waals surface area contributed by atoms with Gasteiger partial charge in [-0.3, -0.25) is 4.98 Å². The summed E-state index contributed by atoms with van der Waals surface area (Å²) < 4.78 is 15.6. The molecule has 4 aromatic heterocycles. The summed E-state index contributed by atoms with van der Waals surface area (Å²) in [5, 5.41) is 18.9. The van der Waals surface area contributed by atoms with Gasteiger partial charge in [-0.2, -0.15) is 30.0 Å². The molecule has 4 heterocycles. The number of rotatable bonds is 4. The molecule has 0 fully saturated rings. The first-order valence-corrected chi connectivity index (χ1v) is 11.5. The molecule has 0 saturated carbocycles. The second-order valence-corrected chi connectivity index (χ2v) is 8.91. The van der Waals surface area contributed by atoms with Crippen molar-refractivity contribution in [2.45, 2.75) is 31.7 Å². The maximum atomic E-state index is 13.9. The van der Waals surface area contributed by atoms with E-state index in [1.54, 1.807) is 23.1 Å². The minimum Gasteiger partial charge on any atom is -0.351 e. The average Bonchev–Trinajstić information content (AvgIpc) is 3.62. The lowest BCUT2D eigenvalue weighted by atomic mass is 9.88. The van der Waals surface area contributed by atoms with Gasteiger partial charge in [-0.1, -0.05) is 29.8 Å². The van der Waals surface area contributed by atoms with Crippen molar-refractivity contribution in [3.05, 3.63) is 77.6 Å². The Morgan fingerprint density at radius 3 is 2.89 bits per heavy atom. The normalized spacial score (nSPS) is 17.0. The average molecular weight is 465 g/mol. The fraction of sp³-hybridized carbons (Fsp3) is 0.200. The Balaban J connectivity index is 1.30. The molecule has 0 spiro atoms. The van der Waals surface area contributed by atoms with Gasteiger partial charge in [0.2, 0.25) is 5.95 Å². The summed E-state index contributed by atoms with van der Waals surface area (Å²) >= 11 is 0. The van der Waals surface area contributed by atoms with Crippen molar-refractivity contribution in [1.82, 2.24) is 40.0 Å². The van der Waals surface area contributed by atoms with Crippen molar-refractivity contribution in [1.29, 1.82) is 0 Å². The maximum Gasteiger partial charge on any atom is 0.228 e. The number of aromatic nitrogens is 8. The van der Waals surface area contributed by atoms with Gasteiger partial charge in [-0.15, -0.1) is 0 Å². The summed E-state index contributed by atoms with van der Waals surface area (Å²) in [5.41, 5.74) is 8.10. The van der Waals surface area contributed by atoms with Crippen LogP contribution in [0.4, 0.5) is 10.3 Å². The number of anilines is 1. The van der Waals surface area contributed by atoms with E-state index in [-0.39, 0.29) is 6.04 Å². The summed E-state index contributed by atoms with van der Waals surface area (Å²) in [6.45, 7) is 0. The quantitative estimate of drug-likeness (QED) is 0.411. The zero-order chi connectivity index (χ0) is 23.4. The van der Waals surface area contributed by atoms with Crippen LogP contribution >= 0.6 is 0 Å². The third-order valence-electron chi connectivity index (χ3n) is 6.77. The smallest absolute Gasteiger partial charge is 0.228 e. The zero-order valence-corrected chi connectivity index (χ0v) is 18.6. The van der Waals surface area contributed by atoms with Crippen LogP contribution in [0.5, 0.6) is 0 Å². The Kier molecular flexibility index (Phi) is 4.44. The van der Waals surface area contributed by atoms with E-state index >= 15 is 0 Å². The standard InChI is InChI=1S/C25H20FN9/c26-17-8-16(10-27-11-17)23-31-24-21(22-13-28-34-33-22)12-29-35(24)25(32-23)30-18-6-5-15-7-14-3-1-2-4-19(14)20(15)9-18/h1-4,8,10-13,18H,5-7,9H2,(H,28,33,34)(H,30,31,32)/t18-/m1/s1. The topological polar surface area (TPSA) is 110 Å². The molecule has 172 valence electrons. The van der Waals surface area contributed by atoms with Crippen LogP contribution in [-0.2, 0) is 6.42 Å². The number of H-pyrrole nitrogens is 1. The Hall–Kier alpha value is -4.47. The van der Waals surface area contributed by atoms with Crippen molar-refractivity contribution >= 4 is 17.2 Å². The number of nitrogens with zero attached hydrogens (tertiary/aromatic N) is 7. The number of benzene rings is 1. The summed E-state index contributed by atoms with van der Waals surface area (Å²) in [6, 6.07) is 10.2. The molecule has 10 heteroatoms. The molecule has 2 N–H and O–H groups in total. The first-order chi connectivity index (χ1) is 17.2. The molecule has 5 aromatic rings. The van der Waals surface area contributed by atoms with Crippen LogP contribution in [0.3, 0.4) is 0 Å². The van der Waals surface area contributed by atoms with Gasteiger partial charge in [0.25, 0.3) is 0 Å². The van der Waals surface area contributed by atoms with Gasteiger partial charge in [0.05, 0.1) is 24.2 Å². The van der Waals surface area contributed by atoms with Crippen LogP contribution in [0.25, 0.3) is 33.9 Å². The lowest BCUT2D eigenvalue weighted by Gasteiger charge is -2.26. The largest absolute Gasteiger partial charge is 0.351 e. The molecule has 0 unspecified atom stereocenters. The fourth-order valence-corrected chi connectivity index (χ4v) is 5.14. The number of fused-ring (bicyclic) bond motifs is 3. The molecule has 0 saturated heterocycles. The molecule has 7 rings (SSSR count). The molecule has 35 heavy (non-hydrogen) atoms. The molecule has 0 radical (unpaired) electrons. The minimum absolute atomic E-state index is 0.177. The Bertz CT molecular complexity index is 1600. The van der Waals surface area contributed by atoms with Gasteiger partial charge in [-0.25, -0.2) is 9.37 Å². The van der Waals surface area contributed by atoms with Crippen LogP contribution in [-0.4, -0.2) is 46.0 Å². The van der Waals surface area contributed by atoms with Crippen molar-refractivity contribution in [2.75, 3.05) is 5.32 Å². The van der Waals surface area contributed by atoms with Crippen LogP contribution in [0.1, 0.15) is 30.4 Å². The second-order valence-electron chi connectivity index (χ2n) is 8.91. The summed E-state index contributed by atoms with van der Waals surface area (Å²) in [6.07, 6.45) is 10.0. The first-order valence-electron chi connectivity index (χ1n) is 11.5. The monoisotopic (exact) mass is 465 g/mol. The van der Waals surface area contributed by atoms with E-state index in [4.69, 9.17) is 9.97 Å². The van der Waals surface area contributed by atoms with Crippen LogP contribution in [0.15, 0.2) is 60.7 Å². The Morgan fingerprint density at radius 2 is 2.00 bits per heavy atom. The highest BCUT2D eigenvalue weighted by molar-refractivity contribution is 5.78. The molecule has 0 amide bonds. The van der Waals surface area contributed by atoms with Crippen molar-refractivity contribution < 1.29 is 4.39 Å². The van der Waals surface area contributed by atoms with Crippen molar-refractivity contribution in [2.24, 2.45) is 0 Å². The number of nitrogens with one attached hydrogen (secondary N) is 2. The third kappa shape index (κ3) is 3.37. The fourth-order valence-electron chi connectivity index (χ4n) is 5.14. The highest BCUT2D eigenvalue weighted by atomic mass is 19.1. The van der Waals surface area contributed by atoms with E-state index in [1.807, 2.05) is 0 Å². The highest BCUT2D eigenvalue weighted by Crippen LogP contribution is 2.42. The molecule has 1 atom stereocenters. The van der Waals surface area contributed by atoms with E-state index < -0.39 is 5.82 Å². The van der Waals surface area contributed by atoms with Crippen LogP contribution in [0.2, 0.25) is 0 Å². The second kappa shape index (κ2) is 7.79. The van der Waals surface area contributed by atoms with E-state index in [9.17, 15) is 4.39 Å². The number of halogens is 1. The SMILES string of the molecule is Fc1cncc(-c2nc(N[C@@H]3CCC4=C(C3)c3ccccc3C4)n3ncc(-c4cn[nH]n4)c3n2)c1. The molecule has 0 aliphatic heterocycles. The number of allylic oxidation sites excluding steroid dienone is 1. The highest BCUT2D eigenvalue weighted by Gasteiger charge is 2.29. The van der Waals surface area contributed by atoms with Gasteiger partial charge in [0.15, 0.2) is 11.5 Å². The Labute approximate surface area is 199 Å². The number of pyridine rings is 1. The van der Waals surface area contributed by atoms with Crippen LogP contribution < -0.4 is 5.32 Å². The lowest BCUT2D eigenvalue weighted by molar-refractivity contribution is 0.621. The van der Waals surface area contributed by atoms with Crippen LogP contribution in [0, 0.1) is 5.82 Å². The van der Waals surface area contributed by atoms with Gasteiger partial charge in [-0.05, 0) is 48.4 Å².